The van der Waals surface area contributed by atoms with Crippen LogP contribution >= 0.6 is 0 Å². The van der Waals surface area contributed by atoms with Gasteiger partial charge in [-0.3, -0.25) is 4.79 Å². The number of ketones is 1. The molecular weight excluding hydrogens is 246 g/mol. The van der Waals surface area contributed by atoms with E-state index in [1.807, 2.05) is 0 Å². The van der Waals surface area contributed by atoms with Gasteiger partial charge < -0.3 is 0 Å². The molecule has 0 spiro atoms. The fraction of sp³-hybridized carbons (Fsp3) is 0.562. The summed E-state index contributed by atoms with van der Waals surface area (Å²) >= 11 is 0. The van der Waals surface area contributed by atoms with Crippen molar-refractivity contribution in [1.29, 1.82) is 0 Å². The second-order valence-electron chi connectivity index (χ2n) is 5.49. The number of benzene rings is 1. The topological polar surface area (TPSA) is 17.1 Å². The Morgan fingerprint density at radius 3 is 2.53 bits per heavy atom. The summed E-state index contributed by atoms with van der Waals surface area (Å²) in [6.45, 7) is 2.17. The molecule has 0 bridgehead atoms. The Morgan fingerprint density at radius 1 is 1.21 bits per heavy atom. The Labute approximate surface area is 113 Å². The normalized spacial score (nSPS) is 23.3. The van der Waals surface area contributed by atoms with E-state index in [9.17, 15) is 13.6 Å². The van der Waals surface area contributed by atoms with Gasteiger partial charge in [-0.15, -0.1) is 0 Å². The van der Waals surface area contributed by atoms with E-state index in [1.165, 1.54) is 12.8 Å². The number of carbonyl (C=O) groups is 1. The van der Waals surface area contributed by atoms with Gasteiger partial charge in [-0.25, -0.2) is 8.78 Å². The standard InChI is InChI=1S/C16H20F2O/c1-2-3-11-4-6-12(7-5-11)16(19)14-10-13(17)8-9-15(14)18/h8-12H,2-7H2,1H3. The van der Waals surface area contributed by atoms with Gasteiger partial charge in [0.15, 0.2) is 5.78 Å². The number of Topliss-reactive ketones (excluding diaryl/α,β-unsaturated/α-hetero) is 1. The maximum absolute atomic E-state index is 13.6. The molecule has 1 fully saturated rings. The SMILES string of the molecule is CCCC1CCC(C(=O)c2cc(F)ccc2F)CC1. The molecule has 1 aromatic rings. The number of rotatable bonds is 4. The Morgan fingerprint density at radius 2 is 1.89 bits per heavy atom. The van der Waals surface area contributed by atoms with Gasteiger partial charge in [0.1, 0.15) is 11.6 Å². The maximum Gasteiger partial charge on any atom is 0.168 e. The van der Waals surface area contributed by atoms with Gasteiger partial charge in [0.05, 0.1) is 5.56 Å². The average Bonchev–Trinajstić information content (AvgIpc) is 2.42. The first-order valence-corrected chi connectivity index (χ1v) is 7.11. The van der Waals surface area contributed by atoms with Crippen LogP contribution in [0.15, 0.2) is 18.2 Å². The third kappa shape index (κ3) is 3.40. The molecule has 1 aliphatic rings. The summed E-state index contributed by atoms with van der Waals surface area (Å²) in [4.78, 5) is 12.2. The third-order valence-corrected chi connectivity index (χ3v) is 4.11. The minimum Gasteiger partial charge on any atom is -0.294 e. The highest BCUT2D eigenvalue weighted by atomic mass is 19.1. The van der Waals surface area contributed by atoms with Gasteiger partial charge in [-0.1, -0.05) is 19.8 Å². The van der Waals surface area contributed by atoms with Crippen LogP contribution in [0, 0.1) is 23.5 Å². The van der Waals surface area contributed by atoms with Gasteiger partial charge in [0.25, 0.3) is 0 Å². The zero-order valence-corrected chi connectivity index (χ0v) is 11.3. The molecule has 0 aromatic heterocycles. The van der Waals surface area contributed by atoms with E-state index in [-0.39, 0.29) is 17.3 Å². The molecule has 19 heavy (non-hydrogen) atoms. The second-order valence-corrected chi connectivity index (χ2v) is 5.49. The molecule has 0 radical (unpaired) electrons. The zero-order valence-electron chi connectivity index (χ0n) is 11.3. The summed E-state index contributed by atoms with van der Waals surface area (Å²) in [5, 5.41) is 0. The fourth-order valence-corrected chi connectivity index (χ4v) is 3.03. The predicted octanol–water partition coefficient (Wildman–Crippen LogP) is 4.75. The van der Waals surface area contributed by atoms with Crippen LogP contribution < -0.4 is 0 Å². The summed E-state index contributed by atoms with van der Waals surface area (Å²) in [5.41, 5.74) is -0.0843. The van der Waals surface area contributed by atoms with Crippen molar-refractivity contribution >= 4 is 5.78 Å². The van der Waals surface area contributed by atoms with Crippen LogP contribution in [-0.4, -0.2) is 5.78 Å². The van der Waals surface area contributed by atoms with Crippen molar-refractivity contribution < 1.29 is 13.6 Å². The van der Waals surface area contributed by atoms with Gasteiger partial charge in [0, 0.05) is 5.92 Å². The quantitative estimate of drug-likeness (QED) is 0.718. The number of halogens is 2. The molecule has 104 valence electrons. The molecule has 0 N–H and O–H groups in total. The first kappa shape index (κ1) is 14.2. The summed E-state index contributed by atoms with van der Waals surface area (Å²) < 4.78 is 26.7. The molecule has 0 heterocycles. The summed E-state index contributed by atoms with van der Waals surface area (Å²) in [6, 6.07) is 3.10. The van der Waals surface area contributed by atoms with Gasteiger partial charge in [0.2, 0.25) is 0 Å². The monoisotopic (exact) mass is 266 g/mol. The maximum atomic E-state index is 13.6. The zero-order chi connectivity index (χ0) is 13.8. The Balaban J connectivity index is 2.03. The van der Waals surface area contributed by atoms with Crippen molar-refractivity contribution in [2.24, 2.45) is 11.8 Å². The van der Waals surface area contributed by atoms with Crippen molar-refractivity contribution in [3.05, 3.63) is 35.4 Å². The van der Waals surface area contributed by atoms with Crippen LogP contribution in [0.1, 0.15) is 55.8 Å². The molecule has 0 aliphatic heterocycles. The molecule has 3 heteroatoms. The van der Waals surface area contributed by atoms with Crippen molar-refractivity contribution in [1.82, 2.24) is 0 Å². The van der Waals surface area contributed by atoms with Crippen LogP contribution in [-0.2, 0) is 0 Å². The Hall–Kier alpha value is -1.25. The number of hydrogen-bond acceptors (Lipinski definition) is 1. The molecule has 0 amide bonds. The molecule has 2 rings (SSSR count). The summed E-state index contributed by atoms with van der Waals surface area (Å²) in [6.07, 6.45) is 6.04. The van der Waals surface area contributed by atoms with E-state index in [1.54, 1.807) is 0 Å². The minimum absolute atomic E-state index is 0.0843. The fourth-order valence-electron chi connectivity index (χ4n) is 3.03. The molecule has 1 saturated carbocycles. The van der Waals surface area contributed by atoms with Crippen LogP contribution in [0.25, 0.3) is 0 Å². The smallest absolute Gasteiger partial charge is 0.168 e. The van der Waals surface area contributed by atoms with E-state index < -0.39 is 11.6 Å². The van der Waals surface area contributed by atoms with Crippen molar-refractivity contribution in [2.45, 2.75) is 45.4 Å². The molecular formula is C16H20F2O. The number of carbonyl (C=O) groups excluding carboxylic acids is 1. The lowest BCUT2D eigenvalue weighted by molar-refractivity contribution is 0.0865. The first-order valence-electron chi connectivity index (χ1n) is 7.11. The highest BCUT2D eigenvalue weighted by Crippen LogP contribution is 2.33. The minimum atomic E-state index is -0.609. The molecule has 1 aromatic carbocycles. The van der Waals surface area contributed by atoms with Crippen LogP contribution in [0.3, 0.4) is 0 Å². The Kier molecular flexibility index (Phi) is 4.67. The van der Waals surface area contributed by atoms with Crippen molar-refractivity contribution in [2.75, 3.05) is 0 Å². The average molecular weight is 266 g/mol. The van der Waals surface area contributed by atoms with Crippen LogP contribution in [0.4, 0.5) is 8.78 Å². The predicted molar refractivity (Wildman–Crippen MR) is 71.0 cm³/mol. The van der Waals surface area contributed by atoms with Crippen LogP contribution in [0.5, 0.6) is 0 Å². The van der Waals surface area contributed by atoms with Crippen molar-refractivity contribution in [3.63, 3.8) is 0 Å². The second kappa shape index (κ2) is 6.27. The molecule has 0 atom stereocenters. The van der Waals surface area contributed by atoms with Crippen molar-refractivity contribution in [3.8, 4) is 0 Å². The van der Waals surface area contributed by atoms with E-state index in [0.717, 1.165) is 43.9 Å². The molecule has 0 saturated heterocycles. The third-order valence-electron chi connectivity index (χ3n) is 4.11. The lowest BCUT2D eigenvalue weighted by atomic mass is 9.77. The molecule has 1 aliphatic carbocycles. The van der Waals surface area contributed by atoms with E-state index >= 15 is 0 Å². The summed E-state index contributed by atoms with van der Waals surface area (Å²) in [5.74, 6) is -0.825. The van der Waals surface area contributed by atoms with E-state index in [2.05, 4.69) is 6.92 Å². The molecule has 1 nitrogen and oxygen atoms in total. The lowest BCUT2D eigenvalue weighted by Gasteiger charge is -2.27. The highest BCUT2D eigenvalue weighted by Gasteiger charge is 2.28. The highest BCUT2D eigenvalue weighted by molar-refractivity contribution is 5.98. The first-order chi connectivity index (χ1) is 9.11. The van der Waals surface area contributed by atoms with E-state index in [0.29, 0.717) is 5.92 Å². The van der Waals surface area contributed by atoms with Gasteiger partial charge in [-0.05, 0) is 49.8 Å². The Bertz CT molecular complexity index is 448. The molecule has 0 unspecified atom stereocenters. The van der Waals surface area contributed by atoms with Gasteiger partial charge in [-0.2, -0.15) is 0 Å². The number of hydrogen-bond donors (Lipinski definition) is 0. The largest absolute Gasteiger partial charge is 0.294 e. The lowest BCUT2D eigenvalue weighted by Crippen LogP contribution is -2.22. The van der Waals surface area contributed by atoms with Gasteiger partial charge >= 0.3 is 0 Å². The summed E-state index contributed by atoms with van der Waals surface area (Å²) in [7, 11) is 0. The van der Waals surface area contributed by atoms with Crippen LogP contribution in [0.2, 0.25) is 0 Å². The van der Waals surface area contributed by atoms with E-state index in [4.69, 9.17) is 0 Å².